The molecule has 0 spiro atoms. The van der Waals surface area contributed by atoms with Crippen LogP contribution >= 0.6 is 11.3 Å². The normalized spacial score (nSPS) is 10.7. The third kappa shape index (κ3) is 2.48. The van der Waals surface area contributed by atoms with Gasteiger partial charge in [-0.1, -0.05) is 23.4 Å². The Balaban J connectivity index is 1.84. The van der Waals surface area contributed by atoms with Crippen LogP contribution in [-0.4, -0.2) is 22.2 Å². The summed E-state index contributed by atoms with van der Waals surface area (Å²) in [4.78, 5) is 8.43. The molecule has 0 unspecified atom stereocenters. The number of nitrogens with zero attached hydrogens (tertiary/aromatic N) is 3. The first-order valence-corrected chi connectivity index (χ1v) is 6.80. The lowest BCUT2D eigenvalue weighted by Crippen LogP contribution is -1.95. The Bertz CT molecular complexity index is 722. The second-order valence-corrected chi connectivity index (χ2v) is 4.97. The van der Waals surface area contributed by atoms with Gasteiger partial charge in [0.25, 0.3) is 5.89 Å². The van der Waals surface area contributed by atoms with Crippen molar-refractivity contribution in [3.05, 3.63) is 41.0 Å². The van der Waals surface area contributed by atoms with Crippen molar-refractivity contribution in [2.24, 2.45) is 0 Å². The molecular weight excluding hydrogens is 276 g/mol. The van der Waals surface area contributed by atoms with Gasteiger partial charge in [-0.2, -0.15) is 4.98 Å². The van der Waals surface area contributed by atoms with Crippen LogP contribution in [0.3, 0.4) is 0 Å². The molecule has 0 bridgehead atoms. The minimum Gasteiger partial charge on any atom is -0.496 e. The zero-order valence-corrected chi connectivity index (χ0v) is 11.6. The number of hydrogen-bond donors (Lipinski definition) is 1. The van der Waals surface area contributed by atoms with Crippen LogP contribution in [-0.2, 0) is 6.42 Å². The molecule has 0 saturated heterocycles. The number of aromatic nitrogens is 3. The first-order chi connectivity index (χ1) is 9.76. The van der Waals surface area contributed by atoms with E-state index in [9.17, 15) is 0 Å². The highest BCUT2D eigenvalue weighted by molar-refractivity contribution is 7.13. The molecule has 20 heavy (non-hydrogen) atoms. The van der Waals surface area contributed by atoms with Crippen molar-refractivity contribution in [1.29, 1.82) is 0 Å². The second-order valence-electron chi connectivity index (χ2n) is 4.08. The van der Waals surface area contributed by atoms with Crippen LogP contribution in [0.2, 0.25) is 0 Å². The highest BCUT2D eigenvalue weighted by Crippen LogP contribution is 2.23. The Labute approximate surface area is 119 Å². The summed E-state index contributed by atoms with van der Waals surface area (Å²) in [5.41, 5.74) is 7.19. The Morgan fingerprint density at radius 1 is 1.30 bits per heavy atom. The predicted molar refractivity (Wildman–Crippen MR) is 75.6 cm³/mol. The summed E-state index contributed by atoms with van der Waals surface area (Å²) in [5, 5.41) is 6.22. The average Bonchev–Trinajstić information content (AvgIpc) is 3.08. The van der Waals surface area contributed by atoms with Gasteiger partial charge in [-0.15, -0.1) is 11.3 Å². The molecule has 7 heteroatoms. The molecule has 0 amide bonds. The maximum Gasteiger partial charge on any atom is 0.277 e. The van der Waals surface area contributed by atoms with Gasteiger partial charge in [0, 0.05) is 17.4 Å². The number of methoxy groups -OCH3 is 1. The molecule has 2 aromatic heterocycles. The zero-order chi connectivity index (χ0) is 13.9. The lowest BCUT2D eigenvalue weighted by Gasteiger charge is -2.04. The van der Waals surface area contributed by atoms with Crippen molar-refractivity contribution in [3.63, 3.8) is 0 Å². The fraction of sp³-hybridized carbons (Fsp3) is 0.154. The van der Waals surface area contributed by atoms with Crippen LogP contribution in [0.5, 0.6) is 5.75 Å². The van der Waals surface area contributed by atoms with Gasteiger partial charge in [-0.25, -0.2) is 4.98 Å². The molecule has 0 aliphatic carbocycles. The molecule has 1 aromatic carbocycles. The molecule has 0 radical (unpaired) electrons. The first-order valence-electron chi connectivity index (χ1n) is 5.92. The summed E-state index contributed by atoms with van der Waals surface area (Å²) in [6, 6.07) is 7.73. The monoisotopic (exact) mass is 288 g/mol. The molecule has 6 nitrogen and oxygen atoms in total. The Kier molecular flexibility index (Phi) is 3.34. The van der Waals surface area contributed by atoms with E-state index in [2.05, 4.69) is 15.1 Å². The minimum absolute atomic E-state index is 0.378. The SMILES string of the molecule is COc1ccccc1Cc1noc(-c2csc(N)n2)n1. The lowest BCUT2D eigenvalue weighted by atomic mass is 10.1. The number of thiazole rings is 1. The minimum atomic E-state index is 0.378. The molecule has 0 fully saturated rings. The number of nitrogen functional groups attached to an aromatic ring is 1. The molecule has 0 aliphatic rings. The number of para-hydroxylation sites is 1. The molecule has 3 aromatic rings. The molecule has 3 rings (SSSR count). The summed E-state index contributed by atoms with van der Waals surface area (Å²) in [7, 11) is 1.64. The Morgan fingerprint density at radius 2 is 2.15 bits per heavy atom. The van der Waals surface area contributed by atoms with E-state index in [1.807, 2.05) is 24.3 Å². The number of nitrogens with two attached hydrogens (primary N) is 1. The standard InChI is InChI=1S/C13H12N4O2S/c1-18-10-5-3-2-4-8(10)6-11-16-12(19-17-11)9-7-20-13(14)15-9/h2-5,7H,6H2,1H3,(H2,14,15). The summed E-state index contributed by atoms with van der Waals surface area (Å²) < 4.78 is 10.5. The third-order valence-electron chi connectivity index (χ3n) is 2.75. The maximum atomic E-state index is 5.59. The van der Waals surface area contributed by atoms with E-state index < -0.39 is 0 Å². The van der Waals surface area contributed by atoms with Crippen molar-refractivity contribution in [2.75, 3.05) is 12.8 Å². The van der Waals surface area contributed by atoms with Gasteiger partial charge >= 0.3 is 0 Å². The first kappa shape index (κ1) is 12.6. The Hall–Kier alpha value is -2.41. The van der Waals surface area contributed by atoms with Crippen molar-refractivity contribution < 1.29 is 9.26 Å². The van der Waals surface area contributed by atoms with Crippen LogP contribution in [0.15, 0.2) is 34.2 Å². The molecule has 0 aliphatic heterocycles. The predicted octanol–water partition coefficient (Wildman–Crippen LogP) is 2.37. The largest absolute Gasteiger partial charge is 0.496 e. The summed E-state index contributed by atoms with van der Waals surface area (Å²) >= 11 is 1.34. The van der Waals surface area contributed by atoms with Gasteiger partial charge in [0.15, 0.2) is 11.0 Å². The summed E-state index contributed by atoms with van der Waals surface area (Å²) in [6.45, 7) is 0. The third-order valence-corrected chi connectivity index (χ3v) is 3.42. The van der Waals surface area contributed by atoms with Crippen LogP contribution in [0.25, 0.3) is 11.6 Å². The van der Waals surface area contributed by atoms with E-state index in [0.29, 0.717) is 29.0 Å². The number of benzene rings is 1. The molecule has 2 N–H and O–H groups in total. The number of rotatable bonds is 4. The topological polar surface area (TPSA) is 87.1 Å². The van der Waals surface area contributed by atoms with E-state index in [-0.39, 0.29) is 0 Å². The highest BCUT2D eigenvalue weighted by atomic mass is 32.1. The van der Waals surface area contributed by atoms with Crippen molar-refractivity contribution in [3.8, 4) is 17.3 Å². The molecule has 0 saturated carbocycles. The van der Waals surface area contributed by atoms with Crippen molar-refractivity contribution in [1.82, 2.24) is 15.1 Å². The van der Waals surface area contributed by atoms with Gasteiger partial charge in [0.1, 0.15) is 11.4 Å². The fourth-order valence-electron chi connectivity index (χ4n) is 1.83. The molecular formula is C13H12N4O2S. The van der Waals surface area contributed by atoms with Crippen LogP contribution < -0.4 is 10.5 Å². The summed E-state index contributed by atoms with van der Waals surface area (Å²) in [6.07, 6.45) is 0.535. The number of anilines is 1. The zero-order valence-electron chi connectivity index (χ0n) is 10.7. The van der Waals surface area contributed by atoms with Crippen LogP contribution in [0.4, 0.5) is 5.13 Å². The second kappa shape index (κ2) is 5.30. The van der Waals surface area contributed by atoms with Gasteiger partial charge < -0.3 is 15.0 Å². The molecule has 102 valence electrons. The van der Waals surface area contributed by atoms with Crippen LogP contribution in [0, 0.1) is 0 Å². The maximum absolute atomic E-state index is 5.59. The number of ether oxygens (including phenoxy) is 1. The fourth-order valence-corrected chi connectivity index (χ4v) is 2.37. The number of hydrogen-bond acceptors (Lipinski definition) is 7. The van der Waals surface area contributed by atoms with Crippen molar-refractivity contribution in [2.45, 2.75) is 6.42 Å². The molecule has 2 heterocycles. The summed E-state index contributed by atoms with van der Waals surface area (Å²) in [5.74, 6) is 1.76. The highest BCUT2D eigenvalue weighted by Gasteiger charge is 2.13. The van der Waals surface area contributed by atoms with Crippen LogP contribution in [0.1, 0.15) is 11.4 Å². The van der Waals surface area contributed by atoms with Gasteiger partial charge in [-0.05, 0) is 6.07 Å². The van der Waals surface area contributed by atoms with Crippen molar-refractivity contribution >= 4 is 16.5 Å². The van der Waals surface area contributed by atoms with E-state index in [0.717, 1.165) is 11.3 Å². The Morgan fingerprint density at radius 3 is 2.90 bits per heavy atom. The quantitative estimate of drug-likeness (QED) is 0.793. The van der Waals surface area contributed by atoms with E-state index in [1.165, 1.54) is 11.3 Å². The lowest BCUT2D eigenvalue weighted by molar-refractivity contribution is 0.408. The van der Waals surface area contributed by atoms with E-state index in [1.54, 1.807) is 12.5 Å². The van der Waals surface area contributed by atoms with E-state index in [4.69, 9.17) is 15.0 Å². The smallest absolute Gasteiger partial charge is 0.277 e. The average molecular weight is 288 g/mol. The molecule has 0 atom stereocenters. The van der Waals surface area contributed by atoms with Gasteiger partial charge in [0.05, 0.1) is 7.11 Å². The van der Waals surface area contributed by atoms with Gasteiger partial charge in [-0.3, -0.25) is 0 Å². The van der Waals surface area contributed by atoms with Gasteiger partial charge in [0.2, 0.25) is 0 Å². The van der Waals surface area contributed by atoms with E-state index >= 15 is 0 Å².